The van der Waals surface area contributed by atoms with Gasteiger partial charge in [-0.05, 0) is 82.4 Å². The minimum atomic E-state index is -2.27. The van der Waals surface area contributed by atoms with Gasteiger partial charge in [-0.15, -0.1) is 47.5 Å². The summed E-state index contributed by atoms with van der Waals surface area (Å²) in [7, 11) is 0. The first kappa shape index (κ1) is 23.4. The van der Waals surface area contributed by atoms with E-state index in [0.717, 1.165) is 16.3 Å². The Bertz CT molecular complexity index is 2970. The number of aryl methyl sites for hydroxylation is 3. The van der Waals surface area contributed by atoms with Crippen LogP contribution in [0.15, 0.2) is 138 Å². The van der Waals surface area contributed by atoms with Crippen LogP contribution in [0.4, 0.5) is 0 Å². The number of fused-ring (bicyclic) bond motifs is 3. The Morgan fingerprint density at radius 3 is 2.29 bits per heavy atom. The van der Waals surface area contributed by atoms with Crippen molar-refractivity contribution in [2.45, 2.75) is 47.7 Å². The van der Waals surface area contributed by atoms with Crippen molar-refractivity contribution >= 4 is 21.9 Å². The first-order valence-electron chi connectivity index (χ1n) is 22.9. The maximum Gasteiger partial charge on any atom is 0.121 e. The van der Waals surface area contributed by atoms with Crippen LogP contribution >= 0.6 is 0 Å². The molecule has 1 radical (unpaired) electrons. The molecule has 3 heterocycles. The van der Waals surface area contributed by atoms with Gasteiger partial charge in [0.15, 0.2) is 0 Å². The monoisotopic (exact) mass is 868 g/mol. The third-order valence-electron chi connectivity index (χ3n) is 8.08. The Kier molecular flexibility index (Phi) is 7.03. The molecule has 52 heavy (non-hydrogen) atoms. The topological polar surface area (TPSA) is 38.9 Å². The Hall–Kier alpha value is -5.15. The van der Waals surface area contributed by atoms with E-state index >= 15 is 0 Å². The van der Waals surface area contributed by atoms with Gasteiger partial charge in [-0.1, -0.05) is 129 Å². The second-order valence-corrected chi connectivity index (χ2v) is 13.1. The van der Waals surface area contributed by atoms with E-state index in [9.17, 15) is 0 Å². The summed E-state index contributed by atoms with van der Waals surface area (Å²) in [5, 5.41) is 1.58. The summed E-state index contributed by atoms with van der Waals surface area (Å²) in [5.74, 6) is 0. The smallest absolute Gasteiger partial charge is 0.121 e. The normalized spacial score (nSPS) is 15.9. The van der Waals surface area contributed by atoms with Crippen LogP contribution in [0.1, 0.15) is 60.8 Å². The van der Waals surface area contributed by atoms with Crippen LogP contribution in [-0.2, 0) is 26.5 Å². The Labute approximate surface area is 339 Å². The molecule has 0 bridgehead atoms. The second-order valence-electron chi connectivity index (χ2n) is 13.1. The van der Waals surface area contributed by atoms with Crippen molar-refractivity contribution in [1.82, 2.24) is 9.97 Å². The van der Waals surface area contributed by atoms with Crippen LogP contribution in [0.25, 0.3) is 66.7 Å². The predicted molar refractivity (Wildman–Crippen MR) is 213 cm³/mol. The van der Waals surface area contributed by atoms with Gasteiger partial charge in [-0.2, -0.15) is 0 Å². The summed E-state index contributed by atoms with van der Waals surface area (Å²) < 4.78 is 109. The van der Waals surface area contributed by atoms with E-state index in [1.807, 2.05) is 36.4 Å². The van der Waals surface area contributed by atoms with Crippen molar-refractivity contribution in [2.24, 2.45) is 5.41 Å². The number of nitrogens with zero attached hydrogens (tertiary/aromatic N) is 2. The molecule has 0 N–H and O–H groups in total. The fourth-order valence-corrected chi connectivity index (χ4v) is 5.76. The largest absolute Gasteiger partial charge is 0.501 e. The summed E-state index contributed by atoms with van der Waals surface area (Å²) in [6, 6.07) is 36.7. The second kappa shape index (κ2) is 15.6. The molecule has 0 spiro atoms. The maximum absolute atomic E-state index is 8.64. The molecule has 8 rings (SSSR count). The van der Waals surface area contributed by atoms with Gasteiger partial charge < -0.3 is 14.4 Å². The molecular weight excluding hydrogens is 813 g/mol. The molecule has 0 amide bonds. The summed E-state index contributed by atoms with van der Waals surface area (Å²) in [6.45, 7) is -1.34. The Morgan fingerprint density at radius 2 is 1.56 bits per heavy atom. The van der Waals surface area contributed by atoms with Gasteiger partial charge in [0.2, 0.25) is 0 Å². The van der Waals surface area contributed by atoms with Crippen molar-refractivity contribution in [2.75, 3.05) is 0 Å². The van der Waals surface area contributed by atoms with Gasteiger partial charge in [0, 0.05) is 53.0 Å². The van der Waals surface area contributed by atoms with Crippen LogP contribution < -0.4 is 0 Å². The molecule has 3 aromatic heterocycles. The molecule has 3 nitrogen and oxygen atoms in total. The summed E-state index contributed by atoms with van der Waals surface area (Å²) >= 11 is 0. The first-order valence-corrected chi connectivity index (χ1v) is 16.4. The summed E-state index contributed by atoms with van der Waals surface area (Å²) in [5.41, 5.74) is 5.71. The first-order chi connectivity index (χ1) is 29.8. The fourth-order valence-electron chi connectivity index (χ4n) is 5.76. The SMILES string of the molecule is [2H]C([2H])([2H])c1ccc(-c2[c-]cc(C([2H])([2H])[2H])c(-c3ccccc3)c2)nc1.[2H]c1cc(C([2H])([2H])C(C)(C)C)cc([2H])c1-c1ccnc(-c2[c-]ccc3c2oc2cc(C([2H])([2H])[2H])ccc23)c1.[Ir]. The van der Waals surface area contributed by atoms with E-state index in [-0.39, 0.29) is 48.9 Å². The van der Waals surface area contributed by atoms with Crippen LogP contribution in [-0.4, -0.2) is 9.97 Å². The molecule has 0 fully saturated rings. The summed E-state index contributed by atoms with van der Waals surface area (Å²) in [6.07, 6.45) is 1.19. The number of rotatable bonds is 5. The molecule has 0 unspecified atom stereocenters. The van der Waals surface area contributed by atoms with Gasteiger partial charge in [-0.25, -0.2) is 0 Å². The van der Waals surface area contributed by atoms with Crippen LogP contribution in [0.5, 0.6) is 0 Å². The number of hydrogen-bond acceptors (Lipinski definition) is 3. The van der Waals surface area contributed by atoms with E-state index in [0.29, 0.717) is 55.9 Å². The van der Waals surface area contributed by atoms with Crippen LogP contribution in [0.3, 0.4) is 0 Å². The van der Waals surface area contributed by atoms with Crippen molar-refractivity contribution in [3.05, 3.63) is 168 Å². The molecule has 0 saturated heterocycles. The van der Waals surface area contributed by atoms with E-state index in [1.165, 1.54) is 36.5 Å². The standard InChI is InChI=1S/C29H26NO.C19H16N.Ir/c1-19-8-13-23-24-6-5-7-25(28(24)31-27(23)16-19)26-17-22(14-15-30-26)21-11-9-20(10-12-21)18-29(2,3)4;1-14-8-11-19(20-13-14)17-10-9-15(2)18(12-17)16-6-4-3-5-7-16;/h5-6,8-17H,18H2,1-4H3;3-9,11-13H,1-2H3;/q2*-1;/i1D3,11D,12D,18D2;1D3,2D3;. The summed E-state index contributed by atoms with van der Waals surface area (Å²) in [4.78, 5) is 8.71. The van der Waals surface area contributed by atoms with Gasteiger partial charge in [0.25, 0.3) is 0 Å². The van der Waals surface area contributed by atoms with Crippen LogP contribution in [0, 0.1) is 38.1 Å². The van der Waals surface area contributed by atoms with Gasteiger partial charge in [0.1, 0.15) is 5.58 Å². The van der Waals surface area contributed by atoms with Crippen molar-refractivity contribution in [3.63, 3.8) is 0 Å². The number of hydrogen-bond donors (Lipinski definition) is 0. The average molecular weight is 868 g/mol. The molecule has 0 saturated carbocycles. The molecular formula is C48H42IrN2O-2. The molecule has 8 aromatic rings. The zero-order chi connectivity index (χ0) is 46.6. The van der Waals surface area contributed by atoms with E-state index in [2.05, 4.69) is 22.1 Å². The number of pyridine rings is 2. The maximum atomic E-state index is 8.64. The molecule has 0 aliphatic rings. The molecule has 4 heteroatoms. The van der Waals surface area contributed by atoms with Crippen molar-refractivity contribution < 1.29 is 42.3 Å². The van der Waals surface area contributed by atoms with Crippen molar-refractivity contribution in [3.8, 4) is 44.8 Å². The quantitative estimate of drug-likeness (QED) is 0.162. The Balaban J connectivity index is 0.000000227. The predicted octanol–water partition coefficient (Wildman–Crippen LogP) is 12.8. The zero-order valence-electron chi connectivity index (χ0n) is 41.7. The third kappa shape index (κ3) is 8.31. The number of aromatic nitrogens is 2. The van der Waals surface area contributed by atoms with Crippen LogP contribution in [0.2, 0.25) is 0 Å². The minimum Gasteiger partial charge on any atom is -0.501 e. The van der Waals surface area contributed by atoms with Gasteiger partial charge in [-0.3, -0.25) is 0 Å². The molecule has 5 aromatic carbocycles. The molecule has 0 atom stereocenters. The van der Waals surface area contributed by atoms with E-state index in [1.54, 1.807) is 69.4 Å². The number of furan rings is 1. The zero-order valence-corrected chi connectivity index (χ0v) is 31.1. The van der Waals surface area contributed by atoms with Gasteiger partial charge >= 0.3 is 0 Å². The van der Waals surface area contributed by atoms with Crippen molar-refractivity contribution in [1.29, 1.82) is 0 Å². The number of benzene rings is 5. The average Bonchev–Trinajstić information content (AvgIpc) is 3.61. The fraction of sp³-hybridized carbons (Fsp3) is 0.167. The minimum absolute atomic E-state index is 0. The van der Waals surface area contributed by atoms with Gasteiger partial charge in [0.05, 0.1) is 8.32 Å². The van der Waals surface area contributed by atoms with E-state index in [4.69, 9.17) is 22.2 Å². The molecule has 261 valence electrons. The van der Waals surface area contributed by atoms with E-state index < -0.39 is 32.3 Å². The Morgan fingerprint density at radius 1 is 0.750 bits per heavy atom. The third-order valence-corrected chi connectivity index (χ3v) is 8.08. The molecule has 0 aliphatic heterocycles. The molecule has 0 aliphatic carbocycles.